The van der Waals surface area contributed by atoms with E-state index in [9.17, 15) is 10.1 Å². The Morgan fingerprint density at radius 1 is 1.50 bits per heavy atom. The van der Waals surface area contributed by atoms with Crippen LogP contribution in [0, 0.1) is 11.3 Å². The quantitative estimate of drug-likeness (QED) is 0.836. The van der Waals surface area contributed by atoms with Gasteiger partial charge in [0.25, 0.3) is 0 Å². The zero-order chi connectivity index (χ0) is 12.5. The number of hydrogen-bond donors (Lipinski definition) is 1. The van der Waals surface area contributed by atoms with Crippen LogP contribution in [-0.2, 0) is 17.7 Å². The van der Waals surface area contributed by atoms with E-state index in [4.69, 9.17) is 4.74 Å². The average molecular weight is 263 g/mol. The molecule has 2 aliphatic rings. The average Bonchev–Trinajstić information content (AvgIpc) is 2.77. The van der Waals surface area contributed by atoms with Crippen molar-refractivity contribution in [1.82, 2.24) is 5.32 Å². The summed E-state index contributed by atoms with van der Waals surface area (Å²) < 4.78 is 5.05. The molecule has 94 valence electrons. The molecule has 3 heterocycles. The molecule has 18 heavy (non-hydrogen) atoms. The molecular formula is C12H13N3O2S. The number of carbonyl (C=O) groups is 1. The van der Waals surface area contributed by atoms with E-state index in [-0.39, 0.29) is 6.09 Å². The first-order valence-corrected chi connectivity index (χ1v) is 6.82. The first-order valence-electron chi connectivity index (χ1n) is 6.01. The van der Waals surface area contributed by atoms with E-state index in [0.717, 1.165) is 36.5 Å². The third-order valence-electron chi connectivity index (χ3n) is 3.24. The number of amides is 1. The second kappa shape index (κ2) is 4.59. The van der Waals surface area contributed by atoms with Gasteiger partial charge in [0.1, 0.15) is 11.1 Å². The monoisotopic (exact) mass is 263 g/mol. The maximum atomic E-state index is 11.8. The van der Waals surface area contributed by atoms with Crippen molar-refractivity contribution in [2.24, 2.45) is 0 Å². The molecule has 0 spiro atoms. The van der Waals surface area contributed by atoms with Crippen LogP contribution >= 0.6 is 11.3 Å². The van der Waals surface area contributed by atoms with Gasteiger partial charge in [0, 0.05) is 18.0 Å². The fraction of sp³-hybridized carbons (Fsp3) is 0.500. The molecule has 0 aromatic carbocycles. The smallest absolute Gasteiger partial charge is 0.414 e. The van der Waals surface area contributed by atoms with E-state index in [1.807, 2.05) is 0 Å². The summed E-state index contributed by atoms with van der Waals surface area (Å²) in [6.45, 7) is 2.80. The fourth-order valence-corrected chi connectivity index (χ4v) is 3.64. The van der Waals surface area contributed by atoms with Gasteiger partial charge in [-0.25, -0.2) is 4.79 Å². The van der Waals surface area contributed by atoms with Gasteiger partial charge in [-0.15, -0.1) is 11.3 Å². The fourth-order valence-electron chi connectivity index (χ4n) is 2.36. The number of carbonyl (C=O) groups excluding carboxylic acids is 1. The van der Waals surface area contributed by atoms with Gasteiger partial charge in [-0.1, -0.05) is 0 Å². The van der Waals surface area contributed by atoms with Crippen molar-refractivity contribution in [3.05, 3.63) is 16.0 Å². The molecule has 0 atom stereocenters. The molecule has 0 radical (unpaired) electrons. The summed E-state index contributed by atoms with van der Waals surface area (Å²) in [5.41, 5.74) is 1.77. The van der Waals surface area contributed by atoms with Crippen LogP contribution in [0.2, 0.25) is 0 Å². The molecule has 0 aliphatic carbocycles. The van der Waals surface area contributed by atoms with Crippen LogP contribution in [0.25, 0.3) is 0 Å². The summed E-state index contributed by atoms with van der Waals surface area (Å²) in [6.07, 6.45) is 1.35. The Hall–Kier alpha value is -1.58. The molecule has 1 fully saturated rings. The molecular weight excluding hydrogens is 250 g/mol. The van der Waals surface area contributed by atoms with Crippen LogP contribution in [0.15, 0.2) is 0 Å². The summed E-state index contributed by atoms with van der Waals surface area (Å²) in [4.78, 5) is 14.5. The highest BCUT2D eigenvalue weighted by Crippen LogP contribution is 2.38. The largest absolute Gasteiger partial charge is 0.449 e. The van der Waals surface area contributed by atoms with Crippen LogP contribution in [-0.4, -0.2) is 25.8 Å². The third kappa shape index (κ3) is 1.76. The van der Waals surface area contributed by atoms with E-state index in [1.165, 1.54) is 16.2 Å². The second-order valence-corrected chi connectivity index (χ2v) is 5.43. The van der Waals surface area contributed by atoms with Crippen molar-refractivity contribution in [2.75, 3.05) is 24.6 Å². The van der Waals surface area contributed by atoms with Crippen molar-refractivity contribution >= 4 is 22.4 Å². The minimum atomic E-state index is -0.329. The Morgan fingerprint density at radius 3 is 3.17 bits per heavy atom. The molecule has 1 saturated heterocycles. The van der Waals surface area contributed by atoms with E-state index < -0.39 is 0 Å². The van der Waals surface area contributed by atoms with Crippen LogP contribution in [0.5, 0.6) is 0 Å². The topological polar surface area (TPSA) is 65.4 Å². The molecule has 0 saturated carbocycles. The first kappa shape index (κ1) is 11.5. The van der Waals surface area contributed by atoms with Crippen molar-refractivity contribution in [2.45, 2.75) is 19.4 Å². The first-order chi connectivity index (χ1) is 8.81. The van der Waals surface area contributed by atoms with Crippen molar-refractivity contribution < 1.29 is 9.53 Å². The Bertz CT molecular complexity index is 532. The van der Waals surface area contributed by atoms with E-state index in [1.54, 1.807) is 4.90 Å². The molecule has 6 heteroatoms. The number of rotatable bonds is 1. The summed E-state index contributed by atoms with van der Waals surface area (Å²) in [5.74, 6) is 0. The Balaban J connectivity index is 2.03. The molecule has 1 aromatic rings. The summed E-state index contributed by atoms with van der Waals surface area (Å²) in [5, 5.41) is 13.4. The lowest BCUT2D eigenvalue weighted by atomic mass is 10.0. The number of thiophene rings is 1. The van der Waals surface area contributed by atoms with Gasteiger partial charge < -0.3 is 10.1 Å². The highest BCUT2D eigenvalue weighted by molar-refractivity contribution is 7.16. The third-order valence-corrected chi connectivity index (χ3v) is 4.49. The van der Waals surface area contributed by atoms with Gasteiger partial charge in [-0.3, -0.25) is 4.90 Å². The summed E-state index contributed by atoms with van der Waals surface area (Å²) >= 11 is 1.54. The SMILES string of the molecule is N#Cc1c(N2CCCOC2=O)sc2c1CCNC2. The lowest BCUT2D eigenvalue weighted by Crippen LogP contribution is -2.37. The minimum absolute atomic E-state index is 0.329. The zero-order valence-electron chi connectivity index (χ0n) is 9.86. The lowest BCUT2D eigenvalue weighted by Gasteiger charge is -2.25. The molecule has 2 aliphatic heterocycles. The Morgan fingerprint density at radius 2 is 2.39 bits per heavy atom. The number of hydrogen-bond acceptors (Lipinski definition) is 5. The number of ether oxygens (including phenoxy) is 1. The van der Waals surface area contributed by atoms with E-state index in [2.05, 4.69) is 11.4 Å². The van der Waals surface area contributed by atoms with Crippen LogP contribution < -0.4 is 10.2 Å². The van der Waals surface area contributed by atoms with Gasteiger partial charge in [0.05, 0.1) is 12.2 Å². The number of fused-ring (bicyclic) bond motifs is 1. The van der Waals surface area contributed by atoms with E-state index in [0.29, 0.717) is 18.7 Å². The Labute approximate surface area is 109 Å². The number of nitrogens with one attached hydrogen (secondary N) is 1. The maximum absolute atomic E-state index is 11.8. The van der Waals surface area contributed by atoms with Crippen molar-refractivity contribution in [1.29, 1.82) is 5.26 Å². The predicted molar refractivity (Wildman–Crippen MR) is 67.8 cm³/mol. The van der Waals surface area contributed by atoms with Gasteiger partial charge in [0.2, 0.25) is 0 Å². The van der Waals surface area contributed by atoms with Crippen molar-refractivity contribution in [3.63, 3.8) is 0 Å². The number of nitriles is 1. The molecule has 3 rings (SSSR count). The standard InChI is InChI=1S/C12H13N3O2S/c13-6-9-8-2-3-14-7-10(8)18-11(9)15-4-1-5-17-12(15)16/h14H,1-5,7H2. The van der Waals surface area contributed by atoms with Crippen molar-refractivity contribution in [3.8, 4) is 6.07 Å². The van der Waals surface area contributed by atoms with Gasteiger partial charge in [-0.2, -0.15) is 5.26 Å². The van der Waals surface area contributed by atoms with Crippen LogP contribution in [0.4, 0.5) is 9.80 Å². The normalized spacial score (nSPS) is 19.1. The molecule has 1 N–H and O–H groups in total. The number of nitrogens with zero attached hydrogens (tertiary/aromatic N) is 2. The van der Waals surface area contributed by atoms with Crippen LogP contribution in [0.3, 0.4) is 0 Å². The van der Waals surface area contributed by atoms with Gasteiger partial charge in [-0.05, 0) is 24.9 Å². The predicted octanol–water partition coefficient (Wildman–Crippen LogP) is 1.61. The second-order valence-electron chi connectivity index (χ2n) is 4.34. The minimum Gasteiger partial charge on any atom is -0.449 e. The molecule has 1 aromatic heterocycles. The molecule has 1 amide bonds. The maximum Gasteiger partial charge on any atom is 0.414 e. The Kier molecular flexibility index (Phi) is 2.94. The lowest BCUT2D eigenvalue weighted by molar-refractivity contribution is 0.140. The summed E-state index contributed by atoms with van der Waals surface area (Å²) in [7, 11) is 0. The van der Waals surface area contributed by atoms with Gasteiger partial charge in [0.15, 0.2) is 0 Å². The van der Waals surface area contributed by atoms with E-state index >= 15 is 0 Å². The van der Waals surface area contributed by atoms with Gasteiger partial charge >= 0.3 is 6.09 Å². The highest BCUT2D eigenvalue weighted by Gasteiger charge is 2.29. The zero-order valence-corrected chi connectivity index (χ0v) is 10.7. The number of anilines is 1. The number of cyclic esters (lactones) is 1. The summed E-state index contributed by atoms with van der Waals surface area (Å²) in [6, 6.07) is 2.25. The van der Waals surface area contributed by atoms with Crippen LogP contribution in [0.1, 0.15) is 22.4 Å². The molecule has 0 unspecified atom stereocenters. The molecule has 0 bridgehead atoms. The molecule has 5 nitrogen and oxygen atoms in total. The highest BCUT2D eigenvalue weighted by atomic mass is 32.1.